The van der Waals surface area contributed by atoms with Crippen molar-refractivity contribution in [1.29, 1.82) is 0 Å². The van der Waals surface area contributed by atoms with Gasteiger partial charge in [0.05, 0.1) is 22.6 Å². The van der Waals surface area contributed by atoms with Crippen LogP contribution < -0.4 is 15.8 Å². The van der Waals surface area contributed by atoms with Gasteiger partial charge in [0, 0.05) is 37.0 Å². The molecule has 0 amide bonds. The molecule has 1 unspecified atom stereocenters. The predicted molar refractivity (Wildman–Crippen MR) is 159 cm³/mol. The second-order valence-corrected chi connectivity index (χ2v) is 11.5. The highest BCUT2D eigenvalue weighted by Gasteiger charge is 2.42. The summed E-state index contributed by atoms with van der Waals surface area (Å²) >= 11 is 0. The van der Waals surface area contributed by atoms with Crippen LogP contribution in [0.1, 0.15) is 54.5 Å². The Bertz CT molecular complexity index is 1690. The second kappa shape index (κ2) is 8.08. The van der Waals surface area contributed by atoms with Gasteiger partial charge in [0.1, 0.15) is 27.3 Å². The maximum absolute atomic E-state index is 6.79. The van der Waals surface area contributed by atoms with Crippen LogP contribution in [0.2, 0.25) is 0 Å². The monoisotopic (exact) mass is 503 g/mol. The van der Waals surface area contributed by atoms with Gasteiger partial charge < -0.3 is 4.90 Å². The summed E-state index contributed by atoms with van der Waals surface area (Å²) in [5, 5.41) is 0. The van der Waals surface area contributed by atoms with E-state index in [1.807, 2.05) is 18.3 Å². The number of amidine groups is 1. The average Bonchev–Trinajstić information content (AvgIpc) is 3.30. The molecule has 2 aromatic heterocycles. The molecule has 5 aliphatic rings. The molecular formula is C32H27B2N5. The highest BCUT2D eigenvalue weighted by molar-refractivity contribution is 6.40. The van der Waals surface area contributed by atoms with Gasteiger partial charge in [-0.15, -0.1) is 0 Å². The summed E-state index contributed by atoms with van der Waals surface area (Å²) in [6, 6.07) is 10.2. The van der Waals surface area contributed by atoms with Crippen molar-refractivity contribution in [2.75, 3.05) is 18.0 Å². The van der Waals surface area contributed by atoms with E-state index in [2.05, 4.69) is 59.7 Å². The lowest BCUT2D eigenvalue weighted by Gasteiger charge is -2.44. The molecule has 4 radical (unpaired) electrons. The number of allylic oxidation sites excluding steroid dienone is 4. The fourth-order valence-corrected chi connectivity index (χ4v) is 7.17. The zero-order valence-corrected chi connectivity index (χ0v) is 22.1. The second-order valence-electron chi connectivity index (χ2n) is 11.5. The molecule has 1 fully saturated rings. The van der Waals surface area contributed by atoms with Crippen LogP contribution in [0.15, 0.2) is 77.7 Å². The first-order valence-corrected chi connectivity index (χ1v) is 13.8. The zero-order chi connectivity index (χ0) is 26.5. The Labute approximate surface area is 231 Å². The fourth-order valence-electron chi connectivity index (χ4n) is 7.17. The van der Waals surface area contributed by atoms with Gasteiger partial charge in [-0.05, 0) is 53.7 Å². The first-order valence-electron chi connectivity index (χ1n) is 13.8. The number of pyridine rings is 2. The smallest absolute Gasteiger partial charge is 0.150 e. The van der Waals surface area contributed by atoms with Crippen molar-refractivity contribution in [3.8, 4) is 11.3 Å². The lowest BCUT2D eigenvalue weighted by Crippen LogP contribution is -2.45. The Hall–Kier alpha value is -3.86. The van der Waals surface area contributed by atoms with Crippen LogP contribution in [0.25, 0.3) is 11.3 Å². The molecule has 3 aromatic rings. The van der Waals surface area contributed by atoms with Gasteiger partial charge >= 0.3 is 0 Å². The molecule has 4 aliphatic heterocycles. The number of hydrogen-bond acceptors (Lipinski definition) is 5. The van der Waals surface area contributed by atoms with Gasteiger partial charge in [-0.25, -0.2) is 9.98 Å². The molecule has 39 heavy (non-hydrogen) atoms. The SMILES string of the molecule is [B]c1cc2c3nc1-c1c([B])cccc1Cc1ccnc4c1N3C(=CC4C)N=C2N1CCC2(CC=CC2=C)CC1. The van der Waals surface area contributed by atoms with Crippen LogP contribution in [0, 0.1) is 5.41 Å². The molecule has 1 aromatic carbocycles. The number of aromatic nitrogens is 2. The van der Waals surface area contributed by atoms with Gasteiger partial charge in [0.2, 0.25) is 0 Å². The number of rotatable bonds is 0. The molecule has 1 aliphatic carbocycles. The number of benzene rings is 1. The van der Waals surface area contributed by atoms with E-state index in [1.54, 1.807) is 0 Å². The third-order valence-corrected chi connectivity index (χ3v) is 9.35. The van der Waals surface area contributed by atoms with Gasteiger partial charge in [-0.1, -0.05) is 60.8 Å². The number of anilines is 2. The first-order chi connectivity index (χ1) is 18.9. The molecule has 0 N–H and O–H groups in total. The summed E-state index contributed by atoms with van der Waals surface area (Å²) in [6.45, 7) is 8.40. The van der Waals surface area contributed by atoms with Gasteiger partial charge in [0.15, 0.2) is 5.82 Å². The van der Waals surface area contributed by atoms with Crippen LogP contribution in [0.3, 0.4) is 0 Å². The number of fused-ring (bicyclic) bond motifs is 3. The highest BCUT2D eigenvalue weighted by atomic mass is 15.3. The average molecular weight is 503 g/mol. The molecule has 7 heteroatoms. The van der Waals surface area contributed by atoms with Crippen LogP contribution in [0.4, 0.5) is 11.5 Å². The molecule has 2 bridgehead atoms. The normalized spacial score (nSPS) is 21.7. The largest absolute Gasteiger partial charge is 0.356 e. The minimum Gasteiger partial charge on any atom is -0.356 e. The summed E-state index contributed by atoms with van der Waals surface area (Å²) in [5.74, 6) is 2.83. The highest BCUT2D eigenvalue weighted by Crippen LogP contribution is 2.49. The number of hydrogen-bond donors (Lipinski definition) is 0. The van der Waals surface area contributed by atoms with E-state index in [0.29, 0.717) is 17.3 Å². The van der Waals surface area contributed by atoms with Crippen LogP contribution in [-0.2, 0) is 6.42 Å². The molecule has 1 spiro atoms. The molecule has 0 saturated carbocycles. The number of nitrogens with zero attached hydrogens (tertiary/aromatic N) is 5. The third-order valence-electron chi connectivity index (χ3n) is 9.35. The van der Waals surface area contributed by atoms with E-state index in [4.69, 9.17) is 30.7 Å². The van der Waals surface area contributed by atoms with Gasteiger partial charge in [-0.2, -0.15) is 0 Å². The van der Waals surface area contributed by atoms with E-state index in [0.717, 1.165) is 83.6 Å². The molecule has 6 heterocycles. The van der Waals surface area contributed by atoms with E-state index in [1.165, 1.54) is 11.1 Å². The van der Waals surface area contributed by atoms with Crippen LogP contribution >= 0.6 is 0 Å². The van der Waals surface area contributed by atoms with Crippen molar-refractivity contribution < 1.29 is 0 Å². The van der Waals surface area contributed by atoms with E-state index in [9.17, 15) is 0 Å². The summed E-state index contributed by atoms with van der Waals surface area (Å²) in [4.78, 5) is 20.1. The van der Waals surface area contributed by atoms with Crippen LogP contribution in [0.5, 0.6) is 0 Å². The van der Waals surface area contributed by atoms with Crippen molar-refractivity contribution in [3.05, 3.63) is 95.1 Å². The minimum atomic E-state index is 0.129. The first kappa shape index (κ1) is 23.1. The van der Waals surface area contributed by atoms with Gasteiger partial charge in [-0.3, -0.25) is 9.88 Å². The lowest BCUT2D eigenvalue weighted by molar-refractivity contribution is 0.198. The Balaban J connectivity index is 1.34. The van der Waals surface area contributed by atoms with Crippen molar-refractivity contribution >= 4 is 44.0 Å². The molecule has 5 nitrogen and oxygen atoms in total. The number of likely N-dealkylation sites (tertiary alicyclic amines) is 1. The summed E-state index contributed by atoms with van der Waals surface area (Å²) in [7, 11) is 13.4. The Morgan fingerprint density at radius 3 is 2.72 bits per heavy atom. The van der Waals surface area contributed by atoms with Crippen molar-refractivity contribution in [2.24, 2.45) is 10.4 Å². The van der Waals surface area contributed by atoms with Crippen molar-refractivity contribution in [1.82, 2.24) is 14.9 Å². The summed E-state index contributed by atoms with van der Waals surface area (Å²) in [5.41, 5.74) is 9.79. The van der Waals surface area contributed by atoms with E-state index in [-0.39, 0.29) is 11.3 Å². The fraction of sp³-hybridized carbons (Fsp3) is 0.281. The Morgan fingerprint density at radius 2 is 1.92 bits per heavy atom. The molecule has 8 rings (SSSR count). The summed E-state index contributed by atoms with van der Waals surface area (Å²) < 4.78 is 0. The maximum Gasteiger partial charge on any atom is 0.150 e. The molecule has 186 valence electrons. The Kier molecular flexibility index (Phi) is 4.78. The third kappa shape index (κ3) is 3.19. The van der Waals surface area contributed by atoms with E-state index >= 15 is 0 Å². The molecule has 1 saturated heterocycles. The Morgan fingerprint density at radius 1 is 1.08 bits per heavy atom. The van der Waals surface area contributed by atoms with Crippen molar-refractivity contribution in [3.63, 3.8) is 0 Å². The number of piperidine rings is 1. The van der Waals surface area contributed by atoms with Crippen LogP contribution in [-0.4, -0.2) is 49.5 Å². The molecule has 1 atom stereocenters. The lowest BCUT2D eigenvalue weighted by atomic mass is 9.74. The quantitative estimate of drug-likeness (QED) is 0.434. The maximum atomic E-state index is 6.79. The standard InChI is InChI=1S/C32H27B2N5/c1-18-15-25-36-30(38-13-10-32(11-14-38)9-4-5-19(32)2)22-17-24(34)28-26-20(6-3-7-23(26)33)16-21-8-12-35-27(18)29(21)39(25)31(22)37-28/h3-8,12,15,17-18H,2,9-11,13-14,16H2,1H3. The topological polar surface area (TPSA) is 44.6 Å². The number of aliphatic imine (C=N–C) groups is 1. The van der Waals surface area contributed by atoms with Crippen molar-refractivity contribution in [2.45, 2.75) is 38.5 Å². The predicted octanol–water partition coefficient (Wildman–Crippen LogP) is 4.09. The zero-order valence-electron chi connectivity index (χ0n) is 22.1. The van der Waals surface area contributed by atoms with Gasteiger partial charge in [0.25, 0.3) is 0 Å². The summed E-state index contributed by atoms with van der Waals surface area (Å²) in [6.07, 6.45) is 12.5. The molecular weight excluding hydrogens is 476 g/mol. The van der Waals surface area contributed by atoms with E-state index < -0.39 is 0 Å². The minimum absolute atomic E-state index is 0.129.